The minimum absolute atomic E-state index is 0.0889. The molecule has 2 fully saturated rings. The number of hydrogen-bond donors (Lipinski definition) is 2. The van der Waals surface area contributed by atoms with Gasteiger partial charge in [-0.05, 0) is 82.4 Å². The van der Waals surface area contributed by atoms with Gasteiger partial charge in [-0.15, -0.1) is 0 Å². The zero-order valence-electron chi connectivity index (χ0n) is 26.4. The average Bonchev–Trinajstić information content (AvgIpc) is 3.64. The highest BCUT2D eigenvalue weighted by molar-refractivity contribution is 7.91. The highest BCUT2D eigenvalue weighted by atomic mass is 32.2. The summed E-state index contributed by atoms with van der Waals surface area (Å²) < 4.78 is 37.2. The molecule has 4 amide bonds. The second-order valence-electron chi connectivity index (χ2n) is 12.4. The summed E-state index contributed by atoms with van der Waals surface area (Å²) in [5.74, 6) is -3.00. The Bertz CT molecular complexity index is 1550. The molecule has 46 heavy (non-hydrogen) atoms. The number of sulfonamides is 1. The number of methoxy groups -OCH3 is 1. The third-order valence-corrected chi connectivity index (χ3v) is 11.0. The maximum Gasteiger partial charge on any atom is 0.412 e. The van der Waals surface area contributed by atoms with Crippen LogP contribution in [0.2, 0.25) is 0 Å². The smallest absolute Gasteiger partial charge is 0.412 e. The summed E-state index contributed by atoms with van der Waals surface area (Å²) in [4.78, 5) is 58.0. The predicted molar refractivity (Wildman–Crippen MR) is 169 cm³/mol. The molecule has 3 aliphatic rings. The van der Waals surface area contributed by atoms with Crippen molar-refractivity contribution in [2.75, 3.05) is 26.0 Å². The summed E-state index contributed by atoms with van der Waals surface area (Å²) in [6.45, 7) is 2.08. The molecule has 4 atom stereocenters. The Labute approximate surface area is 269 Å². The number of ether oxygens (including phenoxy) is 2. The van der Waals surface area contributed by atoms with Gasteiger partial charge < -0.3 is 14.4 Å². The molecule has 1 aliphatic heterocycles. The molecule has 4 rings (SSSR count). The van der Waals surface area contributed by atoms with Crippen LogP contribution in [-0.2, 0) is 29.1 Å². The molecular weight excluding hydrogens is 614 g/mol. The summed E-state index contributed by atoms with van der Waals surface area (Å²) in [6.07, 6.45) is 7.17. The molecule has 248 valence electrons. The number of rotatable bonds is 7. The highest BCUT2D eigenvalue weighted by Crippen LogP contribution is 2.42. The van der Waals surface area contributed by atoms with E-state index in [1.165, 1.54) is 19.4 Å². The number of carbonyl (C=O) groups is 4. The van der Waals surface area contributed by atoms with Crippen LogP contribution in [0, 0.1) is 29.1 Å². The van der Waals surface area contributed by atoms with Crippen molar-refractivity contribution >= 4 is 45.7 Å². The van der Waals surface area contributed by atoms with Crippen LogP contribution in [0.4, 0.5) is 10.5 Å². The Morgan fingerprint density at radius 3 is 2.61 bits per heavy atom. The monoisotopic (exact) mass is 655 g/mol. The first-order valence-corrected chi connectivity index (χ1v) is 16.9. The van der Waals surface area contributed by atoms with E-state index in [0.29, 0.717) is 43.5 Å². The summed E-state index contributed by atoms with van der Waals surface area (Å²) in [6, 6.07) is 6.54. The lowest BCUT2D eigenvalue weighted by Crippen LogP contribution is -2.38. The largest absolute Gasteiger partial charge is 0.495 e. The quantitative estimate of drug-likeness (QED) is 0.414. The normalized spacial score (nSPS) is 25.7. The number of fused-ring (bicyclic) bond motifs is 1. The fourth-order valence-electron chi connectivity index (χ4n) is 5.69. The third-order valence-electron chi connectivity index (χ3n) is 8.82. The van der Waals surface area contributed by atoms with E-state index in [1.54, 1.807) is 31.0 Å². The van der Waals surface area contributed by atoms with Crippen LogP contribution in [0.1, 0.15) is 70.3 Å². The van der Waals surface area contributed by atoms with Crippen LogP contribution in [0.15, 0.2) is 35.3 Å². The average molecular weight is 656 g/mol. The molecule has 14 heteroatoms. The van der Waals surface area contributed by atoms with Crippen molar-refractivity contribution in [3.8, 4) is 11.8 Å². The molecule has 1 aromatic rings. The zero-order valence-corrected chi connectivity index (χ0v) is 27.2. The highest BCUT2D eigenvalue weighted by Gasteiger charge is 2.51. The number of allylic oxidation sites excluding steroid dienone is 2. The molecule has 0 aromatic heterocycles. The van der Waals surface area contributed by atoms with Crippen LogP contribution in [-0.4, -0.2) is 74.9 Å². The van der Waals surface area contributed by atoms with Gasteiger partial charge in [0, 0.05) is 26.2 Å². The van der Waals surface area contributed by atoms with Gasteiger partial charge in [0.05, 0.1) is 41.0 Å². The van der Waals surface area contributed by atoms with Crippen LogP contribution in [0.3, 0.4) is 0 Å². The molecule has 2 aliphatic carbocycles. The van der Waals surface area contributed by atoms with Gasteiger partial charge in [0.1, 0.15) is 11.9 Å². The number of nitrogens with zero attached hydrogens (tertiary/aromatic N) is 3. The molecule has 0 radical (unpaired) electrons. The molecule has 0 bridgehead atoms. The van der Waals surface area contributed by atoms with E-state index in [1.807, 2.05) is 18.2 Å². The van der Waals surface area contributed by atoms with Gasteiger partial charge in [-0.1, -0.05) is 12.2 Å². The zero-order chi connectivity index (χ0) is 33.5. The molecule has 1 heterocycles. The predicted octanol–water partition coefficient (Wildman–Crippen LogP) is 3.70. The van der Waals surface area contributed by atoms with E-state index in [4.69, 9.17) is 9.47 Å². The van der Waals surface area contributed by atoms with Crippen molar-refractivity contribution in [2.45, 2.75) is 75.6 Å². The van der Waals surface area contributed by atoms with Crippen molar-refractivity contribution in [1.29, 1.82) is 5.26 Å². The Balaban J connectivity index is 1.45. The molecule has 0 saturated heterocycles. The van der Waals surface area contributed by atoms with E-state index < -0.39 is 50.6 Å². The maximum atomic E-state index is 13.5. The van der Waals surface area contributed by atoms with Gasteiger partial charge in [-0.3, -0.25) is 24.4 Å². The topological polar surface area (TPSA) is 184 Å². The van der Waals surface area contributed by atoms with Gasteiger partial charge in [0.15, 0.2) is 0 Å². The second-order valence-corrected chi connectivity index (χ2v) is 14.6. The number of amides is 4. The van der Waals surface area contributed by atoms with Crippen molar-refractivity contribution < 1.29 is 37.1 Å². The number of carbonyl (C=O) groups excluding carboxylic acids is 4. The van der Waals surface area contributed by atoms with Gasteiger partial charge >= 0.3 is 6.09 Å². The summed E-state index contributed by atoms with van der Waals surface area (Å²) >= 11 is 0. The number of hydrogen-bond acceptors (Lipinski definition) is 9. The van der Waals surface area contributed by atoms with Crippen molar-refractivity contribution in [3.05, 3.63) is 35.9 Å². The molecule has 13 nitrogen and oxygen atoms in total. The Morgan fingerprint density at radius 1 is 1.17 bits per heavy atom. The minimum atomic E-state index is -3.76. The molecule has 2 N–H and O–H groups in total. The number of benzene rings is 1. The summed E-state index contributed by atoms with van der Waals surface area (Å²) in [5, 5.41) is 11.8. The molecule has 2 saturated carbocycles. The summed E-state index contributed by atoms with van der Waals surface area (Å²) in [7, 11) is -0.658. The van der Waals surface area contributed by atoms with E-state index in [-0.39, 0.29) is 43.2 Å². The number of nitrogens with one attached hydrogen (secondary N) is 2. The Hall–Kier alpha value is -4.25. The lowest BCUT2D eigenvalue weighted by molar-refractivity contribution is -0.138. The van der Waals surface area contributed by atoms with Crippen molar-refractivity contribution in [1.82, 2.24) is 9.62 Å². The maximum absolute atomic E-state index is 13.5. The first kappa shape index (κ1) is 34.6. The van der Waals surface area contributed by atoms with Gasteiger partial charge in [-0.25, -0.2) is 18.2 Å². The number of aliphatic imine (C=N–C) groups is 1. The molecule has 1 aromatic carbocycles. The molecule has 0 spiro atoms. The Kier molecular flexibility index (Phi) is 11.2. The van der Waals surface area contributed by atoms with Crippen molar-refractivity contribution in [2.24, 2.45) is 22.7 Å². The van der Waals surface area contributed by atoms with Gasteiger partial charge in [0.2, 0.25) is 27.7 Å². The summed E-state index contributed by atoms with van der Waals surface area (Å²) in [5.41, 5.74) is 0.553. The lowest BCUT2D eigenvalue weighted by Gasteiger charge is -2.23. The first-order chi connectivity index (χ1) is 21.9. The Morgan fingerprint density at radius 2 is 1.91 bits per heavy atom. The van der Waals surface area contributed by atoms with Gasteiger partial charge in [-0.2, -0.15) is 5.26 Å². The van der Waals surface area contributed by atoms with E-state index >= 15 is 0 Å². The van der Waals surface area contributed by atoms with E-state index in [9.17, 15) is 32.9 Å². The third kappa shape index (κ3) is 8.72. The standard InChI is InChI=1S/C32H41N5O8S/c1-32(12-13-32)46(42,43)36-28(38)17-21-8-6-4-5-7-15-37(2)30(40)25-19-23(18-24(25)29(39)34-14-11-21)45-31(41)35-26-16-22(20-33)9-10-27(26)44-3/h6,8-10,14,16,21,23-25H,4-5,7,11-13,15,17-19H2,1-3H3,(H,35,41)(H,36,38)/b8-6-,34-14?/t21-,23-,24-,25-/m1/s1. The second kappa shape index (κ2) is 14.9. The number of nitriles is 1. The van der Waals surface area contributed by atoms with Crippen LogP contribution < -0.4 is 14.8 Å². The minimum Gasteiger partial charge on any atom is -0.495 e. The number of anilines is 1. The van der Waals surface area contributed by atoms with Crippen LogP contribution in [0.25, 0.3) is 0 Å². The van der Waals surface area contributed by atoms with Crippen LogP contribution in [0.5, 0.6) is 5.75 Å². The van der Waals surface area contributed by atoms with Gasteiger partial charge in [0.25, 0.3) is 0 Å². The fourth-order valence-corrected chi connectivity index (χ4v) is 6.96. The van der Waals surface area contributed by atoms with Crippen molar-refractivity contribution in [3.63, 3.8) is 0 Å². The first-order valence-electron chi connectivity index (χ1n) is 15.4. The SMILES string of the molecule is COc1ccc(C#N)cc1NC(=O)O[C@@H]1C[C@H]2C(=O)N=CC[C@H](CC(=O)NS(=O)(=O)C3(C)CC3)/C=C\CCCCN(C)C(=O)[C@@H]2C1. The lowest BCUT2D eigenvalue weighted by atomic mass is 9.94. The fraction of sp³-hybridized carbons (Fsp3) is 0.562. The van der Waals surface area contributed by atoms with E-state index in [2.05, 4.69) is 15.0 Å². The van der Waals surface area contributed by atoms with Crippen LogP contribution >= 0.6 is 0 Å². The molecular formula is C32H41N5O8S. The van der Waals surface area contributed by atoms with E-state index in [0.717, 1.165) is 6.42 Å². The molecule has 0 unspecified atom stereocenters.